The first kappa shape index (κ1) is 16.1. The number of nitrogens with two attached hydrogens (primary N) is 1. The second-order valence-corrected chi connectivity index (χ2v) is 5.83. The number of primary amides is 1. The van der Waals surface area contributed by atoms with Crippen molar-refractivity contribution in [2.45, 2.75) is 26.1 Å². The number of benzene rings is 2. The van der Waals surface area contributed by atoms with E-state index in [1.807, 2.05) is 55.5 Å². The van der Waals surface area contributed by atoms with Gasteiger partial charge in [-0.3, -0.25) is 5.21 Å². The molecule has 0 aliphatic carbocycles. The van der Waals surface area contributed by atoms with E-state index in [4.69, 9.17) is 10.5 Å². The maximum atomic E-state index is 10.9. The van der Waals surface area contributed by atoms with Crippen LogP contribution >= 0.6 is 0 Å². The summed E-state index contributed by atoms with van der Waals surface area (Å²) < 4.78 is 6.00. The number of rotatable bonds is 5. The van der Waals surface area contributed by atoms with Gasteiger partial charge in [0, 0.05) is 12.2 Å². The number of hydrogen-bond acceptors (Lipinski definition) is 4. The van der Waals surface area contributed by atoms with Gasteiger partial charge in [-0.15, -0.1) is 0 Å². The summed E-state index contributed by atoms with van der Waals surface area (Å²) in [6.07, 6.45) is 0.813. The molecule has 1 aliphatic heterocycles. The van der Waals surface area contributed by atoms with Gasteiger partial charge in [0.1, 0.15) is 5.75 Å². The molecule has 3 N–H and O–H groups in total. The molecule has 0 spiro atoms. The Morgan fingerprint density at radius 3 is 2.79 bits per heavy atom. The lowest BCUT2D eigenvalue weighted by Gasteiger charge is -2.28. The van der Waals surface area contributed by atoms with Crippen LogP contribution in [0.2, 0.25) is 0 Å². The molecule has 0 fully saturated rings. The van der Waals surface area contributed by atoms with E-state index in [-0.39, 0.29) is 12.8 Å². The fourth-order valence-corrected chi connectivity index (χ4v) is 2.97. The Kier molecular flexibility index (Phi) is 4.57. The quantitative estimate of drug-likeness (QED) is 0.654. The molecule has 0 bridgehead atoms. The van der Waals surface area contributed by atoms with Gasteiger partial charge in [-0.1, -0.05) is 30.3 Å². The average molecular weight is 327 g/mol. The highest BCUT2D eigenvalue weighted by Crippen LogP contribution is 2.31. The number of fused-ring (bicyclic) bond motifs is 1. The number of nitrogens with zero attached hydrogens (tertiary/aromatic N) is 2. The zero-order chi connectivity index (χ0) is 17.1. The van der Waals surface area contributed by atoms with Crippen molar-refractivity contribution < 1.29 is 14.7 Å². The fraction of sp³-hybridized carbons (Fsp3) is 0.278. The number of amides is 2. The first-order chi connectivity index (χ1) is 11.5. The monoisotopic (exact) mass is 327 g/mol. The van der Waals surface area contributed by atoms with Gasteiger partial charge in [-0.25, -0.2) is 9.86 Å². The summed E-state index contributed by atoms with van der Waals surface area (Å²) in [5.41, 5.74) is 8.18. The molecule has 1 unspecified atom stereocenters. The van der Waals surface area contributed by atoms with Gasteiger partial charge in [0.05, 0.1) is 6.54 Å². The number of hydroxylamine groups is 2. The molecule has 126 valence electrons. The molecule has 2 aromatic rings. The molecule has 2 amide bonds. The van der Waals surface area contributed by atoms with Crippen LogP contribution in [-0.2, 0) is 13.0 Å². The lowest BCUT2D eigenvalue weighted by molar-refractivity contribution is -0.0470. The van der Waals surface area contributed by atoms with Crippen LogP contribution in [0.4, 0.5) is 10.5 Å². The van der Waals surface area contributed by atoms with Crippen LogP contribution in [0.5, 0.6) is 5.75 Å². The molecule has 3 rings (SSSR count). The number of ether oxygens (including phenoxy) is 1. The third-order valence-corrected chi connectivity index (χ3v) is 4.15. The summed E-state index contributed by atoms with van der Waals surface area (Å²) in [5, 5.41) is 9.97. The Morgan fingerprint density at radius 2 is 2.08 bits per heavy atom. The van der Waals surface area contributed by atoms with Gasteiger partial charge < -0.3 is 15.4 Å². The molecule has 6 heteroatoms. The summed E-state index contributed by atoms with van der Waals surface area (Å²) in [6.45, 7) is 2.97. The van der Waals surface area contributed by atoms with Crippen molar-refractivity contribution in [3.05, 3.63) is 59.7 Å². The van der Waals surface area contributed by atoms with Crippen LogP contribution in [-0.4, -0.2) is 29.1 Å². The number of anilines is 1. The SMILES string of the molecule is CC(Oc1ccccc1)N1CCc2cc(CN(O)C(N)=O)ccc21. The third-order valence-electron chi connectivity index (χ3n) is 4.15. The van der Waals surface area contributed by atoms with Crippen molar-refractivity contribution in [3.63, 3.8) is 0 Å². The molecule has 2 aromatic carbocycles. The predicted octanol–water partition coefficient (Wildman–Crippen LogP) is 2.74. The van der Waals surface area contributed by atoms with Gasteiger partial charge in [0.2, 0.25) is 0 Å². The molecular formula is C18H21N3O3. The summed E-state index contributed by atoms with van der Waals surface area (Å²) in [5.74, 6) is 0.840. The lowest BCUT2D eigenvalue weighted by atomic mass is 10.1. The highest BCUT2D eigenvalue weighted by atomic mass is 16.5. The smallest absolute Gasteiger partial charge is 0.338 e. The zero-order valence-electron chi connectivity index (χ0n) is 13.6. The van der Waals surface area contributed by atoms with Crippen molar-refractivity contribution in [2.75, 3.05) is 11.4 Å². The van der Waals surface area contributed by atoms with Crippen LogP contribution in [0, 0.1) is 0 Å². The van der Waals surface area contributed by atoms with E-state index < -0.39 is 6.03 Å². The highest BCUT2D eigenvalue weighted by molar-refractivity contribution is 5.70. The second kappa shape index (κ2) is 6.80. The predicted molar refractivity (Wildman–Crippen MR) is 90.9 cm³/mol. The molecule has 0 saturated heterocycles. The van der Waals surface area contributed by atoms with E-state index >= 15 is 0 Å². The fourth-order valence-electron chi connectivity index (χ4n) is 2.97. The van der Waals surface area contributed by atoms with Crippen LogP contribution in [0.15, 0.2) is 48.5 Å². The van der Waals surface area contributed by atoms with Crippen LogP contribution < -0.4 is 15.4 Å². The number of urea groups is 1. The molecule has 0 radical (unpaired) electrons. The maximum absolute atomic E-state index is 10.9. The minimum Gasteiger partial charge on any atom is -0.471 e. The zero-order valence-corrected chi connectivity index (χ0v) is 13.6. The molecular weight excluding hydrogens is 306 g/mol. The highest BCUT2D eigenvalue weighted by Gasteiger charge is 2.25. The first-order valence-electron chi connectivity index (χ1n) is 7.90. The van der Waals surface area contributed by atoms with Crippen LogP contribution in [0.25, 0.3) is 0 Å². The number of carbonyl (C=O) groups is 1. The third kappa shape index (κ3) is 3.44. The van der Waals surface area contributed by atoms with E-state index in [1.54, 1.807) is 0 Å². The van der Waals surface area contributed by atoms with Crippen molar-refractivity contribution in [1.29, 1.82) is 0 Å². The summed E-state index contributed by atoms with van der Waals surface area (Å²) in [7, 11) is 0. The Labute approximate surface area is 141 Å². The average Bonchev–Trinajstić information content (AvgIpc) is 2.99. The van der Waals surface area contributed by atoms with Crippen molar-refractivity contribution in [3.8, 4) is 5.75 Å². The van der Waals surface area contributed by atoms with Gasteiger partial charge in [-0.2, -0.15) is 0 Å². The van der Waals surface area contributed by atoms with E-state index in [9.17, 15) is 10.0 Å². The number of carbonyl (C=O) groups excluding carboxylic acids is 1. The van der Waals surface area contributed by atoms with Gasteiger partial charge in [-0.05, 0) is 42.7 Å². The van der Waals surface area contributed by atoms with Crippen LogP contribution in [0.1, 0.15) is 18.1 Å². The molecule has 1 atom stereocenters. The van der Waals surface area contributed by atoms with E-state index in [0.29, 0.717) is 5.06 Å². The summed E-state index contributed by atoms with van der Waals surface area (Å²) in [6, 6.07) is 14.8. The molecule has 1 aliphatic rings. The summed E-state index contributed by atoms with van der Waals surface area (Å²) in [4.78, 5) is 13.1. The number of para-hydroxylation sites is 1. The molecule has 24 heavy (non-hydrogen) atoms. The minimum absolute atomic E-state index is 0.0820. The van der Waals surface area contributed by atoms with Crippen molar-refractivity contribution in [2.24, 2.45) is 5.73 Å². The number of hydrogen-bond donors (Lipinski definition) is 2. The van der Waals surface area contributed by atoms with E-state index in [1.165, 1.54) is 5.56 Å². The molecule has 0 aromatic heterocycles. The first-order valence-corrected chi connectivity index (χ1v) is 7.90. The topological polar surface area (TPSA) is 79.0 Å². The van der Waals surface area contributed by atoms with E-state index in [0.717, 1.165) is 30.0 Å². The van der Waals surface area contributed by atoms with Gasteiger partial charge in [0.15, 0.2) is 6.23 Å². The minimum atomic E-state index is -0.859. The normalized spacial score (nSPS) is 14.2. The van der Waals surface area contributed by atoms with Crippen molar-refractivity contribution >= 4 is 11.7 Å². The maximum Gasteiger partial charge on any atom is 0.338 e. The Balaban J connectivity index is 1.71. The standard InChI is InChI=1S/C18H21N3O3/c1-13(24-16-5-3-2-4-6-16)20-10-9-15-11-14(7-8-17(15)20)12-21(23)18(19)22/h2-8,11,13,23H,9-10,12H2,1H3,(H2,19,22). The Morgan fingerprint density at radius 1 is 1.33 bits per heavy atom. The largest absolute Gasteiger partial charge is 0.471 e. The van der Waals surface area contributed by atoms with Gasteiger partial charge >= 0.3 is 6.03 Å². The molecule has 0 saturated carbocycles. The molecule has 1 heterocycles. The second-order valence-electron chi connectivity index (χ2n) is 5.83. The Bertz CT molecular complexity index is 721. The van der Waals surface area contributed by atoms with Gasteiger partial charge in [0.25, 0.3) is 0 Å². The van der Waals surface area contributed by atoms with Crippen molar-refractivity contribution in [1.82, 2.24) is 5.06 Å². The molecule has 6 nitrogen and oxygen atoms in total. The lowest BCUT2D eigenvalue weighted by Crippen LogP contribution is -2.35. The summed E-state index contributed by atoms with van der Waals surface area (Å²) >= 11 is 0. The van der Waals surface area contributed by atoms with Crippen LogP contribution in [0.3, 0.4) is 0 Å². The van der Waals surface area contributed by atoms with E-state index in [2.05, 4.69) is 4.90 Å². The Hall–Kier alpha value is -2.73.